The fourth-order valence-electron chi connectivity index (χ4n) is 3.03. The van der Waals surface area contributed by atoms with Crippen LogP contribution in [0.15, 0.2) is 0 Å². The van der Waals surface area contributed by atoms with Gasteiger partial charge in [0.05, 0.1) is 0 Å². The molecule has 0 radical (unpaired) electrons. The van der Waals surface area contributed by atoms with Crippen molar-refractivity contribution >= 4 is 0 Å². The van der Waals surface area contributed by atoms with Gasteiger partial charge in [-0.2, -0.15) is 0 Å². The van der Waals surface area contributed by atoms with Crippen LogP contribution in [0.2, 0.25) is 0 Å². The summed E-state index contributed by atoms with van der Waals surface area (Å²) in [6.07, 6.45) is 8.31. The summed E-state index contributed by atoms with van der Waals surface area (Å²) in [6.45, 7) is 4.55. The summed E-state index contributed by atoms with van der Waals surface area (Å²) in [5.41, 5.74) is 5.89. The largest absolute Gasteiger partial charge is 0.330 e. The Morgan fingerprint density at radius 3 is 2.57 bits per heavy atom. The third kappa shape index (κ3) is 2.12. The number of nitrogens with zero attached hydrogens (tertiary/aromatic N) is 1. The van der Waals surface area contributed by atoms with Crippen molar-refractivity contribution in [3.05, 3.63) is 0 Å². The molecule has 0 aromatic rings. The Bertz CT molecular complexity index is 177. The Morgan fingerprint density at radius 2 is 2.00 bits per heavy atom. The van der Waals surface area contributed by atoms with Gasteiger partial charge in [0, 0.05) is 12.1 Å². The van der Waals surface area contributed by atoms with Crippen LogP contribution >= 0.6 is 0 Å². The average Bonchev–Trinajstić information content (AvgIpc) is 3.02. The fourth-order valence-corrected chi connectivity index (χ4v) is 3.03. The predicted molar refractivity (Wildman–Crippen MR) is 60.2 cm³/mol. The Kier molecular flexibility index (Phi) is 3.45. The molecule has 0 unspecified atom stereocenters. The summed E-state index contributed by atoms with van der Waals surface area (Å²) in [4.78, 5) is 2.77. The van der Waals surface area contributed by atoms with Crippen LogP contribution in [0.25, 0.3) is 0 Å². The summed E-state index contributed by atoms with van der Waals surface area (Å²) in [7, 11) is 0. The van der Waals surface area contributed by atoms with Crippen molar-refractivity contribution in [1.29, 1.82) is 0 Å². The second-order valence-corrected chi connectivity index (χ2v) is 4.94. The lowest BCUT2D eigenvalue weighted by Gasteiger charge is -2.34. The predicted octanol–water partition coefficient (Wildman–Crippen LogP) is 1.99. The summed E-state index contributed by atoms with van der Waals surface area (Å²) in [5.74, 6) is 0.767. The minimum Gasteiger partial charge on any atom is -0.330 e. The number of hydrogen-bond acceptors (Lipinski definition) is 2. The molecule has 0 amide bonds. The third-order valence-electron chi connectivity index (χ3n) is 3.95. The Labute approximate surface area is 87.8 Å². The molecule has 0 bridgehead atoms. The second kappa shape index (κ2) is 4.63. The maximum atomic E-state index is 5.89. The highest BCUT2D eigenvalue weighted by Crippen LogP contribution is 2.34. The number of hydrogen-bond donors (Lipinski definition) is 1. The van der Waals surface area contributed by atoms with E-state index in [0.29, 0.717) is 0 Å². The average molecular weight is 196 g/mol. The van der Waals surface area contributed by atoms with E-state index in [1.54, 1.807) is 0 Å². The van der Waals surface area contributed by atoms with Crippen LogP contribution in [0.3, 0.4) is 0 Å². The molecule has 1 saturated heterocycles. The second-order valence-electron chi connectivity index (χ2n) is 4.94. The van der Waals surface area contributed by atoms with Crippen LogP contribution in [0.1, 0.15) is 45.4 Å². The molecule has 0 spiro atoms. The van der Waals surface area contributed by atoms with Gasteiger partial charge in [0.1, 0.15) is 0 Å². The molecule has 0 aromatic carbocycles. The highest BCUT2D eigenvalue weighted by atomic mass is 15.2. The smallest absolute Gasteiger partial charge is 0.0136 e. The lowest BCUT2D eigenvalue weighted by molar-refractivity contribution is 0.144. The van der Waals surface area contributed by atoms with Crippen molar-refractivity contribution in [2.75, 3.05) is 13.1 Å². The van der Waals surface area contributed by atoms with E-state index >= 15 is 0 Å². The van der Waals surface area contributed by atoms with Gasteiger partial charge >= 0.3 is 0 Å². The van der Waals surface area contributed by atoms with E-state index in [4.69, 9.17) is 5.73 Å². The standard InChI is InChI=1S/C12H24N2/c1-2-12-10(9-13)5-3-4-8-14(12)11-6-7-11/h10-12H,2-9,13H2,1H3/t10-,12-/m1/s1. The van der Waals surface area contributed by atoms with E-state index < -0.39 is 0 Å². The quantitative estimate of drug-likeness (QED) is 0.748. The van der Waals surface area contributed by atoms with Crippen molar-refractivity contribution in [3.8, 4) is 0 Å². The van der Waals surface area contributed by atoms with E-state index in [-0.39, 0.29) is 0 Å². The van der Waals surface area contributed by atoms with Gasteiger partial charge in [-0.25, -0.2) is 0 Å². The molecule has 2 atom stereocenters. The van der Waals surface area contributed by atoms with Crippen molar-refractivity contribution < 1.29 is 0 Å². The molecule has 2 fully saturated rings. The molecular formula is C12H24N2. The van der Waals surface area contributed by atoms with Gasteiger partial charge in [-0.3, -0.25) is 4.90 Å². The first-order chi connectivity index (χ1) is 6.86. The van der Waals surface area contributed by atoms with Crippen molar-refractivity contribution in [1.82, 2.24) is 4.90 Å². The first kappa shape index (κ1) is 10.4. The molecule has 1 heterocycles. The van der Waals surface area contributed by atoms with Gasteiger partial charge in [0.2, 0.25) is 0 Å². The molecule has 2 rings (SSSR count). The third-order valence-corrected chi connectivity index (χ3v) is 3.95. The maximum absolute atomic E-state index is 5.89. The number of likely N-dealkylation sites (tertiary alicyclic amines) is 1. The Hall–Kier alpha value is -0.0800. The SMILES string of the molecule is CC[C@@H]1[C@@H](CN)CCCCN1C1CC1. The van der Waals surface area contributed by atoms with Crippen LogP contribution in [0, 0.1) is 5.92 Å². The molecule has 2 nitrogen and oxygen atoms in total. The normalized spacial score (nSPS) is 35.6. The minimum atomic E-state index is 0.767. The van der Waals surface area contributed by atoms with Crippen LogP contribution in [-0.4, -0.2) is 30.1 Å². The van der Waals surface area contributed by atoms with Crippen LogP contribution in [-0.2, 0) is 0 Å². The Balaban J connectivity index is 2.03. The summed E-state index contributed by atoms with van der Waals surface area (Å²) >= 11 is 0. The van der Waals surface area contributed by atoms with Crippen LogP contribution < -0.4 is 5.73 Å². The molecule has 1 aliphatic heterocycles. The molecule has 14 heavy (non-hydrogen) atoms. The van der Waals surface area contributed by atoms with Crippen molar-refractivity contribution in [2.45, 2.75) is 57.5 Å². The molecule has 0 aromatic heterocycles. The lowest BCUT2D eigenvalue weighted by Crippen LogP contribution is -2.43. The van der Waals surface area contributed by atoms with E-state index in [1.807, 2.05) is 0 Å². The van der Waals surface area contributed by atoms with E-state index in [0.717, 1.165) is 24.5 Å². The van der Waals surface area contributed by atoms with Gasteiger partial charge in [0.15, 0.2) is 0 Å². The zero-order chi connectivity index (χ0) is 9.97. The molecular weight excluding hydrogens is 172 g/mol. The minimum absolute atomic E-state index is 0.767. The van der Waals surface area contributed by atoms with Gasteiger partial charge in [-0.05, 0) is 51.1 Å². The van der Waals surface area contributed by atoms with Crippen molar-refractivity contribution in [2.24, 2.45) is 11.7 Å². The fraction of sp³-hybridized carbons (Fsp3) is 1.00. The number of nitrogens with two attached hydrogens (primary N) is 1. The van der Waals surface area contributed by atoms with Crippen LogP contribution in [0.4, 0.5) is 0 Å². The van der Waals surface area contributed by atoms with Gasteiger partial charge in [-0.1, -0.05) is 13.3 Å². The highest BCUT2D eigenvalue weighted by molar-refractivity contribution is 4.92. The molecule has 2 heteroatoms. The van der Waals surface area contributed by atoms with Gasteiger partial charge in [0.25, 0.3) is 0 Å². The lowest BCUT2D eigenvalue weighted by atomic mass is 9.93. The zero-order valence-corrected chi connectivity index (χ0v) is 9.41. The van der Waals surface area contributed by atoms with E-state index in [2.05, 4.69) is 11.8 Å². The topological polar surface area (TPSA) is 29.3 Å². The number of rotatable bonds is 3. The monoisotopic (exact) mass is 196 g/mol. The van der Waals surface area contributed by atoms with E-state index in [9.17, 15) is 0 Å². The summed E-state index contributed by atoms with van der Waals surface area (Å²) < 4.78 is 0. The maximum Gasteiger partial charge on any atom is 0.0136 e. The Morgan fingerprint density at radius 1 is 1.21 bits per heavy atom. The molecule has 82 valence electrons. The molecule has 2 aliphatic rings. The van der Waals surface area contributed by atoms with Crippen molar-refractivity contribution in [3.63, 3.8) is 0 Å². The molecule has 1 saturated carbocycles. The first-order valence-electron chi connectivity index (χ1n) is 6.32. The molecule has 2 N–H and O–H groups in total. The van der Waals surface area contributed by atoms with Crippen LogP contribution in [0.5, 0.6) is 0 Å². The zero-order valence-electron chi connectivity index (χ0n) is 9.41. The summed E-state index contributed by atoms with van der Waals surface area (Å²) in [6, 6.07) is 1.71. The van der Waals surface area contributed by atoms with Gasteiger partial charge in [-0.15, -0.1) is 0 Å². The highest BCUT2D eigenvalue weighted by Gasteiger charge is 2.36. The van der Waals surface area contributed by atoms with Gasteiger partial charge < -0.3 is 5.73 Å². The summed E-state index contributed by atoms with van der Waals surface area (Å²) in [5, 5.41) is 0. The van der Waals surface area contributed by atoms with E-state index in [1.165, 1.54) is 45.1 Å². The molecule has 1 aliphatic carbocycles. The first-order valence-corrected chi connectivity index (χ1v) is 6.32.